The second kappa shape index (κ2) is 5.52. The SMILES string of the molecule is CNC1(Cc2ccccc2OC)CCOCC1. The van der Waals surface area contributed by atoms with Crippen LogP contribution in [-0.2, 0) is 11.2 Å². The Labute approximate surface area is 103 Å². The second-order valence-electron chi connectivity index (χ2n) is 4.63. The number of likely N-dealkylation sites (N-methyl/N-ethyl adjacent to an activating group) is 1. The molecule has 0 amide bonds. The number of hydrogen-bond donors (Lipinski definition) is 1. The van der Waals surface area contributed by atoms with Gasteiger partial charge in [0, 0.05) is 18.8 Å². The van der Waals surface area contributed by atoms with Gasteiger partial charge in [0.15, 0.2) is 0 Å². The predicted molar refractivity (Wildman–Crippen MR) is 68.5 cm³/mol. The van der Waals surface area contributed by atoms with Gasteiger partial charge in [-0.1, -0.05) is 18.2 Å². The number of rotatable bonds is 4. The van der Waals surface area contributed by atoms with Crippen LogP contribution in [0.4, 0.5) is 0 Å². The van der Waals surface area contributed by atoms with Crippen LogP contribution in [0.15, 0.2) is 24.3 Å². The zero-order valence-electron chi connectivity index (χ0n) is 10.7. The first-order valence-electron chi connectivity index (χ1n) is 6.18. The van der Waals surface area contributed by atoms with E-state index in [1.54, 1.807) is 7.11 Å². The topological polar surface area (TPSA) is 30.5 Å². The molecular weight excluding hydrogens is 214 g/mol. The van der Waals surface area contributed by atoms with Crippen molar-refractivity contribution in [2.24, 2.45) is 0 Å². The molecule has 2 rings (SSSR count). The van der Waals surface area contributed by atoms with Gasteiger partial charge in [-0.05, 0) is 37.9 Å². The molecule has 1 aromatic rings. The van der Waals surface area contributed by atoms with Gasteiger partial charge in [0.2, 0.25) is 0 Å². The maximum absolute atomic E-state index is 5.45. The highest BCUT2D eigenvalue weighted by Gasteiger charge is 2.31. The number of nitrogens with one attached hydrogen (secondary N) is 1. The van der Waals surface area contributed by atoms with Crippen molar-refractivity contribution in [2.45, 2.75) is 24.8 Å². The second-order valence-corrected chi connectivity index (χ2v) is 4.63. The summed E-state index contributed by atoms with van der Waals surface area (Å²) in [6.07, 6.45) is 3.11. The molecule has 1 heterocycles. The minimum absolute atomic E-state index is 0.160. The van der Waals surface area contributed by atoms with Crippen LogP contribution in [0.5, 0.6) is 5.75 Å². The molecule has 0 atom stereocenters. The van der Waals surface area contributed by atoms with Gasteiger partial charge < -0.3 is 14.8 Å². The zero-order chi connectivity index (χ0) is 12.1. The van der Waals surface area contributed by atoms with Crippen LogP contribution < -0.4 is 10.1 Å². The largest absolute Gasteiger partial charge is 0.496 e. The lowest BCUT2D eigenvalue weighted by molar-refractivity contribution is 0.0411. The van der Waals surface area contributed by atoms with E-state index in [-0.39, 0.29) is 5.54 Å². The minimum atomic E-state index is 0.160. The Morgan fingerprint density at radius 1 is 1.29 bits per heavy atom. The van der Waals surface area contributed by atoms with E-state index >= 15 is 0 Å². The fourth-order valence-corrected chi connectivity index (χ4v) is 2.49. The van der Waals surface area contributed by atoms with E-state index in [1.807, 2.05) is 19.2 Å². The van der Waals surface area contributed by atoms with E-state index in [4.69, 9.17) is 9.47 Å². The molecule has 1 aromatic carbocycles. The fraction of sp³-hybridized carbons (Fsp3) is 0.571. The molecule has 3 nitrogen and oxygen atoms in total. The van der Waals surface area contributed by atoms with Gasteiger partial charge in [-0.15, -0.1) is 0 Å². The Hall–Kier alpha value is -1.06. The lowest BCUT2D eigenvalue weighted by Crippen LogP contribution is -2.49. The summed E-state index contributed by atoms with van der Waals surface area (Å²) >= 11 is 0. The van der Waals surface area contributed by atoms with Gasteiger partial charge in [0.05, 0.1) is 7.11 Å². The summed E-state index contributed by atoms with van der Waals surface area (Å²) in [4.78, 5) is 0. The molecule has 1 aliphatic rings. The standard InChI is InChI=1S/C14H21NO2/c1-15-14(7-9-17-10-8-14)11-12-5-3-4-6-13(12)16-2/h3-6,15H,7-11H2,1-2H3. The Morgan fingerprint density at radius 2 is 2.00 bits per heavy atom. The average Bonchev–Trinajstić information content (AvgIpc) is 2.40. The molecule has 1 aliphatic heterocycles. The zero-order valence-corrected chi connectivity index (χ0v) is 10.7. The third kappa shape index (κ3) is 2.79. The first kappa shape index (κ1) is 12.4. The van der Waals surface area contributed by atoms with E-state index in [9.17, 15) is 0 Å². The van der Waals surface area contributed by atoms with Gasteiger partial charge in [0.1, 0.15) is 5.75 Å². The monoisotopic (exact) mass is 235 g/mol. The number of para-hydroxylation sites is 1. The van der Waals surface area contributed by atoms with Gasteiger partial charge in [-0.2, -0.15) is 0 Å². The van der Waals surface area contributed by atoms with E-state index in [0.717, 1.165) is 38.2 Å². The summed E-state index contributed by atoms with van der Waals surface area (Å²) in [6, 6.07) is 8.25. The molecular formula is C14H21NO2. The van der Waals surface area contributed by atoms with E-state index in [2.05, 4.69) is 17.4 Å². The maximum Gasteiger partial charge on any atom is 0.122 e. The Kier molecular flexibility index (Phi) is 4.02. The normalized spacial score (nSPS) is 18.9. The molecule has 0 spiro atoms. The summed E-state index contributed by atoms with van der Waals surface area (Å²) in [5, 5.41) is 3.48. The molecule has 0 aromatic heterocycles. The van der Waals surface area contributed by atoms with Crippen LogP contribution in [0.2, 0.25) is 0 Å². The van der Waals surface area contributed by atoms with Crippen molar-refractivity contribution < 1.29 is 9.47 Å². The van der Waals surface area contributed by atoms with Crippen molar-refractivity contribution >= 4 is 0 Å². The van der Waals surface area contributed by atoms with E-state index in [1.165, 1.54) is 5.56 Å². The number of hydrogen-bond acceptors (Lipinski definition) is 3. The van der Waals surface area contributed by atoms with Gasteiger partial charge in [-0.25, -0.2) is 0 Å². The van der Waals surface area contributed by atoms with Crippen LogP contribution >= 0.6 is 0 Å². The van der Waals surface area contributed by atoms with Crippen molar-refractivity contribution in [1.29, 1.82) is 0 Å². The Bertz CT molecular complexity index is 359. The van der Waals surface area contributed by atoms with Crippen molar-refractivity contribution in [3.63, 3.8) is 0 Å². The lowest BCUT2D eigenvalue weighted by atomic mass is 9.83. The molecule has 1 saturated heterocycles. The fourth-order valence-electron chi connectivity index (χ4n) is 2.49. The highest BCUT2D eigenvalue weighted by atomic mass is 16.5. The molecule has 94 valence electrons. The predicted octanol–water partition coefficient (Wildman–Crippen LogP) is 2.01. The quantitative estimate of drug-likeness (QED) is 0.866. The van der Waals surface area contributed by atoms with Gasteiger partial charge >= 0.3 is 0 Å². The molecule has 3 heteroatoms. The lowest BCUT2D eigenvalue weighted by Gasteiger charge is -2.37. The summed E-state index contributed by atoms with van der Waals surface area (Å²) in [7, 11) is 3.77. The number of benzene rings is 1. The Morgan fingerprint density at radius 3 is 2.65 bits per heavy atom. The van der Waals surface area contributed by atoms with Crippen molar-refractivity contribution in [1.82, 2.24) is 5.32 Å². The third-order valence-corrected chi connectivity index (χ3v) is 3.70. The summed E-state index contributed by atoms with van der Waals surface area (Å²) < 4.78 is 10.9. The summed E-state index contributed by atoms with van der Waals surface area (Å²) in [5.41, 5.74) is 1.43. The van der Waals surface area contributed by atoms with Crippen molar-refractivity contribution in [2.75, 3.05) is 27.4 Å². The number of ether oxygens (including phenoxy) is 2. The molecule has 1 fully saturated rings. The van der Waals surface area contributed by atoms with Crippen LogP contribution in [-0.4, -0.2) is 32.9 Å². The average molecular weight is 235 g/mol. The third-order valence-electron chi connectivity index (χ3n) is 3.70. The minimum Gasteiger partial charge on any atom is -0.496 e. The van der Waals surface area contributed by atoms with Gasteiger partial charge in [-0.3, -0.25) is 0 Å². The molecule has 0 radical (unpaired) electrons. The molecule has 0 saturated carbocycles. The molecule has 0 unspecified atom stereocenters. The highest BCUT2D eigenvalue weighted by Crippen LogP contribution is 2.29. The van der Waals surface area contributed by atoms with Crippen LogP contribution in [0, 0.1) is 0 Å². The summed E-state index contributed by atoms with van der Waals surface area (Å²) in [5.74, 6) is 0.980. The van der Waals surface area contributed by atoms with E-state index in [0.29, 0.717) is 0 Å². The highest BCUT2D eigenvalue weighted by molar-refractivity contribution is 5.34. The number of methoxy groups -OCH3 is 1. The molecule has 0 aliphatic carbocycles. The molecule has 1 N–H and O–H groups in total. The van der Waals surface area contributed by atoms with Crippen LogP contribution in [0.1, 0.15) is 18.4 Å². The van der Waals surface area contributed by atoms with Crippen LogP contribution in [0.25, 0.3) is 0 Å². The Balaban J connectivity index is 2.17. The summed E-state index contributed by atoms with van der Waals surface area (Å²) in [6.45, 7) is 1.69. The van der Waals surface area contributed by atoms with Crippen LogP contribution in [0.3, 0.4) is 0 Å². The van der Waals surface area contributed by atoms with E-state index < -0.39 is 0 Å². The molecule has 0 bridgehead atoms. The van der Waals surface area contributed by atoms with Gasteiger partial charge in [0.25, 0.3) is 0 Å². The smallest absolute Gasteiger partial charge is 0.122 e. The van der Waals surface area contributed by atoms with Crippen molar-refractivity contribution in [3.05, 3.63) is 29.8 Å². The maximum atomic E-state index is 5.45. The molecule has 17 heavy (non-hydrogen) atoms. The first-order valence-corrected chi connectivity index (χ1v) is 6.18. The first-order chi connectivity index (χ1) is 8.29. The van der Waals surface area contributed by atoms with Crippen molar-refractivity contribution in [3.8, 4) is 5.75 Å².